The van der Waals surface area contributed by atoms with Crippen LogP contribution in [-0.4, -0.2) is 43.9 Å². The number of methoxy groups -OCH3 is 1. The Labute approximate surface area is 164 Å². The summed E-state index contributed by atoms with van der Waals surface area (Å²) >= 11 is 0. The predicted octanol–water partition coefficient (Wildman–Crippen LogP) is 2.51. The minimum absolute atomic E-state index is 0.00686. The van der Waals surface area contributed by atoms with E-state index in [0.29, 0.717) is 12.1 Å². The van der Waals surface area contributed by atoms with Gasteiger partial charge in [-0.25, -0.2) is 13.1 Å². The molecule has 1 saturated carbocycles. The van der Waals surface area contributed by atoms with Crippen LogP contribution in [0.1, 0.15) is 47.6 Å². The van der Waals surface area contributed by atoms with Gasteiger partial charge in [-0.15, -0.1) is 0 Å². The van der Waals surface area contributed by atoms with Gasteiger partial charge >= 0.3 is 0 Å². The van der Waals surface area contributed by atoms with Crippen molar-refractivity contribution in [2.45, 2.75) is 42.7 Å². The summed E-state index contributed by atoms with van der Waals surface area (Å²) in [5, 5.41) is 0. The quantitative estimate of drug-likeness (QED) is 0.803. The highest BCUT2D eigenvalue weighted by molar-refractivity contribution is 7.89. The Morgan fingerprint density at radius 1 is 1.18 bits per heavy atom. The Kier molecular flexibility index (Phi) is 5.07. The Morgan fingerprint density at radius 3 is 2.61 bits per heavy atom. The fourth-order valence-electron chi connectivity index (χ4n) is 3.61. The second-order valence-corrected chi connectivity index (χ2v) is 8.88. The lowest BCUT2D eigenvalue weighted by Crippen LogP contribution is -2.31. The molecule has 28 heavy (non-hydrogen) atoms. The van der Waals surface area contributed by atoms with Crippen molar-refractivity contribution in [2.75, 3.05) is 13.7 Å². The maximum Gasteiger partial charge on any atom is 0.254 e. The zero-order valence-electron chi connectivity index (χ0n) is 15.7. The van der Waals surface area contributed by atoms with Crippen LogP contribution in [0.4, 0.5) is 0 Å². The number of carbonyl (C=O) groups is 1. The summed E-state index contributed by atoms with van der Waals surface area (Å²) in [6.07, 6.45) is 6.89. The summed E-state index contributed by atoms with van der Waals surface area (Å²) in [6.45, 7) is 0.639. The molecule has 0 bridgehead atoms. The lowest BCUT2D eigenvalue weighted by molar-refractivity contribution is 0.0735. The van der Waals surface area contributed by atoms with Gasteiger partial charge in [0, 0.05) is 30.5 Å². The van der Waals surface area contributed by atoms with Crippen LogP contribution >= 0.6 is 0 Å². The molecule has 0 radical (unpaired) electrons. The molecule has 1 aromatic carbocycles. The highest BCUT2D eigenvalue weighted by atomic mass is 32.2. The number of hydrogen-bond acceptors (Lipinski definition) is 5. The summed E-state index contributed by atoms with van der Waals surface area (Å²) in [7, 11) is -2.32. The normalized spacial score (nSPS) is 19.6. The number of aromatic nitrogens is 1. The summed E-state index contributed by atoms with van der Waals surface area (Å²) in [5.41, 5.74) is 1.38. The van der Waals surface area contributed by atoms with Crippen molar-refractivity contribution in [1.29, 1.82) is 0 Å². The highest BCUT2D eigenvalue weighted by Gasteiger charge is 2.33. The third kappa shape index (κ3) is 3.74. The molecule has 2 aromatic rings. The van der Waals surface area contributed by atoms with E-state index in [2.05, 4.69) is 9.71 Å². The first-order valence-electron chi connectivity index (χ1n) is 9.41. The molecule has 1 aromatic heterocycles. The van der Waals surface area contributed by atoms with Crippen LogP contribution in [0.2, 0.25) is 0 Å². The third-order valence-corrected chi connectivity index (χ3v) is 6.75. The zero-order valence-corrected chi connectivity index (χ0v) is 16.5. The molecule has 1 saturated heterocycles. The number of benzene rings is 1. The molecule has 8 heteroatoms. The van der Waals surface area contributed by atoms with Crippen LogP contribution in [-0.2, 0) is 10.0 Å². The van der Waals surface area contributed by atoms with Gasteiger partial charge in [0.2, 0.25) is 10.0 Å². The molecular weight excluding hydrogens is 378 g/mol. The SMILES string of the molecule is COc1ccc(C(=O)N2CCCC2c2ccncc2)cc1S(=O)(=O)NC1CC1. The minimum atomic E-state index is -3.74. The number of nitrogens with zero attached hydrogens (tertiary/aromatic N) is 2. The lowest BCUT2D eigenvalue weighted by Gasteiger charge is -2.25. The summed E-state index contributed by atoms with van der Waals surface area (Å²) in [6, 6.07) is 8.38. The maximum absolute atomic E-state index is 13.2. The van der Waals surface area contributed by atoms with Gasteiger partial charge < -0.3 is 9.64 Å². The largest absolute Gasteiger partial charge is 0.495 e. The first kappa shape index (κ1) is 18.9. The number of carbonyl (C=O) groups excluding carboxylic acids is 1. The number of hydrogen-bond donors (Lipinski definition) is 1. The van der Waals surface area contributed by atoms with E-state index in [1.807, 2.05) is 17.0 Å². The lowest BCUT2D eigenvalue weighted by atomic mass is 10.1. The Hall–Kier alpha value is -2.45. The summed E-state index contributed by atoms with van der Waals surface area (Å²) in [4.78, 5) is 19.1. The second-order valence-electron chi connectivity index (χ2n) is 7.20. The van der Waals surface area contributed by atoms with Crippen molar-refractivity contribution in [3.63, 3.8) is 0 Å². The van der Waals surface area contributed by atoms with Crippen molar-refractivity contribution in [2.24, 2.45) is 0 Å². The Bertz CT molecular complexity index is 974. The molecule has 1 amide bonds. The van der Waals surface area contributed by atoms with Crippen LogP contribution in [0.15, 0.2) is 47.6 Å². The maximum atomic E-state index is 13.2. The first-order valence-corrected chi connectivity index (χ1v) is 10.9. The number of likely N-dealkylation sites (tertiary alicyclic amines) is 1. The second kappa shape index (κ2) is 7.52. The van der Waals surface area contributed by atoms with Gasteiger partial charge in [0.15, 0.2) is 0 Å². The van der Waals surface area contributed by atoms with E-state index >= 15 is 0 Å². The van der Waals surface area contributed by atoms with Crippen molar-refractivity contribution >= 4 is 15.9 Å². The fourth-order valence-corrected chi connectivity index (χ4v) is 5.11. The van der Waals surface area contributed by atoms with E-state index in [-0.39, 0.29) is 28.6 Å². The van der Waals surface area contributed by atoms with E-state index in [1.165, 1.54) is 13.2 Å². The minimum Gasteiger partial charge on any atom is -0.495 e. The van der Waals surface area contributed by atoms with Gasteiger partial charge in [0.1, 0.15) is 10.6 Å². The molecule has 1 N–H and O–H groups in total. The molecule has 1 atom stereocenters. The molecule has 7 nitrogen and oxygen atoms in total. The van der Waals surface area contributed by atoms with Gasteiger partial charge in [0.05, 0.1) is 13.2 Å². The molecule has 1 aliphatic heterocycles. The Morgan fingerprint density at radius 2 is 1.93 bits per heavy atom. The standard InChI is InChI=1S/C20H23N3O4S/c1-27-18-7-4-15(13-19(18)28(25,26)22-16-5-6-16)20(24)23-12-2-3-17(23)14-8-10-21-11-9-14/h4,7-11,13,16-17,22H,2-3,5-6,12H2,1H3. The molecule has 1 unspecified atom stereocenters. The van der Waals surface area contributed by atoms with Crippen molar-refractivity contribution in [3.8, 4) is 5.75 Å². The number of amides is 1. The predicted molar refractivity (Wildman–Crippen MR) is 104 cm³/mol. The van der Waals surface area contributed by atoms with Crippen molar-refractivity contribution < 1.29 is 17.9 Å². The summed E-state index contributed by atoms with van der Waals surface area (Å²) in [5.74, 6) is 0.0571. The molecule has 2 aliphatic rings. The van der Waals surface area contributed by atoms with E-state index < -0.39 is 10.0 Å². The van der Waals surface area contributed by atoms with Gasteiger partial charge in [-0.3, -0.25) is 9.78 Å². The monoisotopic (exact) mass is 401 g/mol. The molecule has 148 valence electrons. The molecule has 4 rings (SSSR count). The first-order chi connectivity index (χ1) is 13.5. The van der Waals surface area contributed by atoms with E-state index in [0.717, 1.165) is 31.2 Å². The topological polar surface area (TPSA) is 88.6 Å². The number of rotatable bonds is 6. The van der Waals surface area contributed by atoms with E-state index in [9.17, 15) is 13.2 Å². The molecule has 0 spiro atoms. The smallest absolute Gasteiger partial charge is 0.254 e. The molecule has 2 heterocycles. The Balaban J connectivity index is 1.65. The van der Waals surface area contributed by atoms with Gasteiger partial charge in [-0.05, 0) is 61.6 Å². The fraction of sp³-hybridized carbons (Fsp3) is 0.400. The number of nitrogens with one attached hydrogen (secondary N) is 1. The van der Waals surface area contributed by atoms with E-state index in [1.54, 1.807) is 24.5 Å². The highest BCUT2D eigenvalue weighted by Crippen LogP contribution is 2.34. The van der Waals surface area contributed by atoms with Gasteiger partial charge in [-0.2, -0.15) is 0 Å². The third-order valence-electron chi connectivity index (χ3n) is 5.20. The number of ether oxygens (including phenoxy) is 1. The van der Waals surface area contributed by atoms with E-state index in [4.69, 9.17) is 4.74 Å². The van der Waals surface area contributed by atoms with Crippen molar-refractivity contribution in [3.05, 3.63) is 53.9 Å². The average molecular weight is 401 g/mol. The van der Waals surface area contributed by atoms with Crippen LogP contribution < -0.4 is 9.46 Å². The van der Waals surface area contributed by atoms with Crippen LogP contribution in [0.25, 0.3) is 0 Å². The number of pyridine rings is 1. The van der Waals surface area contributed by atoms with Crippen LogP contribution in [0.3, 0.4) is 0 Å². The molecule has 2 fully saturated rings. The number of sulfonamides is 1. The zero-order chi connectivity index (χ0) is 19.7. The van der Waals surface area contributed by atoms with Gasteiger partial charge in [-0.1, -0.05) is 0 Å². The summed E-state index contributed by atoms with van der Waals surface area (Å²) < 4.78 is 33.3. The average Bonchev–Trinajstić information content (AvgIpc) is 3.38. The molecular formula is C20H23N3O4S. The van der Waals surface area contributed by atoms with Crippen LogP contribution in [0, 0.1) is 0 Å². The van der Waals surface area contributed by atoms with Crippen molar-refractivity contribution in [1.82, 2.24) is 14.6 Å². The van der Waals surface area contributed by atoms with Crippen LogP contribution in [0.5, 0.6) is 5.75 Å². The van der Waals surface area contributed by atoms with Gasteiger partial charge in [0.25, 0.3) is 5.91 Å². The molecule has 1 aliphatic carbocycles.